The summed E-state index contributed by atoms with van der Waals surface area (Å²) in [4.78, 5) is 4.41. The van der Waals surface area contributed by atoms with Crippen molar-refractivity contribution in [2.75, 3.05) is 7.11 Å². The third-order valence-corrected chi connectivity index (χ3v) is 1.91. The second-order valence-electron chi connectivity index (χ2n) is 3.05. The molecular formula is C10H9F4NO. The summed E-state index contributed by atoms with van der Waals surface area (Å²) in [5, 5.41) is 3.44. The number of nitrogens with zero attached hydrogens (tertiary/aromatic N) is 1. The van der Waals surface area contributed by atoms with E-state index in [1.54, 1.807) is 0 Å². The molecule has 0 saturated carbocycles. The smallest absolute Gasteiger partial charge is 0.399 e. The van der Waals surface area contributed by atoms with E-state index in [2.05, 4.69) is 9.99 Å². The molecule has 6 heteroatoms. The molecule has 0 fully saturated rings. The summed E-state index contributed by atoms with van der Waals surface area (Å²) in [5.74, 6) is -0.979. The SMILES string of the molecule is CO/N=C(\C)c1ccc(C(F)(F)F)cc1F. The number of halogens is 4. The standard InChI is InChI=1S/C10H9F4NO/c1-6(15-16-2)8-4-3-7(5-9(8)11)10(12,13)14/h3-5H,1-2H3/b15-6+. The van der Waals surface area contributed by atoms with Gasteiger partial charge in [-0.25, -0.2) is 4.39 Å². The highest BCUT2D eigenvalue weighted by Gasteiger charge is 2.31. The molecule has 0 aromatic heterocycles. The minimum atomic E-state index is -4.55. The van der Waals surface area contributed by atoms with Crippen LogP contribution >= 0.6 is 0 Å². The topological polar surface area (TPSA) is 21.6 Å². The highest BCUT2D eigenvalue weighted by molar-refractivity contribution is 5.98. The molecule has 16 heavy (non-hydrogen) atoms. The predicted molar refractivity (Wildman–Crippen MR) is 50.6 cm³/mol. The molecule has 0 aliphatic rings. The molecule has 0 unspecified atom stereocenters. The number of rotatable bonds is 2. The third-order valence-electron chi connectivity index (χ3n) is 1.91. The van der Waals surface area contributed by atoms with E-state index in [0.29, 0.717) is 6.07 Å². The van der Waals surface area contributed by atoms with Crippen molar-refractivity contribution in [1.29, 1.82) is 0 Å². The Kier molecular flexibility index (Phi) is 3.51. The van der Waals surface area contributed by atoms with Crippen LogP contribution in [0.4, 0.5) is 17.6 Å². The van der Waals surface area contributed by atoms with Crippen molar-refractivity contribution in [3.63, 3.8) is 0 Å². The van der Waals surface area contributed by atoms with Crippen LogP contribution in [0.3, 0.4) is 0 Å². The van der Waals surface area contributed by atoms with E-state index in [9.17, 15) is 17.6 Å². The Morgan fingerprint density at radius 3 is 2.38 bits per heavy atom. The van der Waals surface area contributed by atoms with Crippen LogP contribution in [0.1, 0.15) is 18.1 Å². The Bertz CT molecular complexity index is 412. The lowest BCUT2D eigenvalue weighted by atomic mass is 10.1. The van der Waals surface area contributed by atoms with Gasteiger partial charge < -0.3 is 4.84 Å². The fourth-order valence-electron chi connectivity index (χ4n) is 1.17. The van der Waals surface area contributed by atoms with Gasteiger partial charge in [-0.2, -0.15) is 13.2 Å². The summed E-state index contributed by atoms with van der Waals surface area (Å²) in [6.07, 6.45) is -4.55. The zero-order valence-electron chi connectivity index (χ0n) is 8.60. The van der Waals surface area contributed by atoms with Crippen molar-refractivity contribution in [1.82, 2.24) is 0 Å². The Morgan fingerprint density at radius 1 is 1.31 bits per heavy atom. The molecular weight excluding hydrogens is 226 g/mol. The van der Waals surface area contributed by atoms with E-state index in [4.69, 9.17) is 0 Å². The first-order valence-corrected chi connectivity index (χ1v) is 4.31. The highest BCUT2D eigenvalue weighted by Crippen LogP contribution is 2.30. The van der Waals surface area contributed by atoms with Crippen LogP contribution in [0.15, 0.2) is 23.4 Å². The summed E-state index contributed by atoms with van der Waals surface area (Å²) in [6, 6.07) is 2.26. The van der Waals surface area contributed by atoms with Crippen LogP contribution < -0.4 is 0 Å². The van der Waals surface area contributed by atoms with E-state index in [0.717, 1.165) is 12.1 Å². The Balaban J connectivity index is 3.15. The summed E-state index contributed by atoms with van der Waals surface area (Å²) in [5.41, 5.74) is -0.873. The van der Waals surface area contributed by atoms with Crippen molar-refractivity contribution in [3.05, 3.63) is 35.1 Å². The molecule has 0 saturated heterocycles. The quantitative estimate of drug-likeness (QED) is 0.438. The molecule has 0 aliphatic heterocycles. The average Bonchev–Trinajstić information content (AvgIpc) is 2.16. The molecule has 1 aromatic rings. The van der Waals surface area contributed by atoms with Crippen molar-refractivity contribution in [3.8, 4) is 0 Å². The largest absolute Gasteiger partial charge is 0.416 e. The van der Waals surface area contributed by atoms with Crippen molar-refractivity contribution in [2.24, 2.45) is 5.16 Å². The maximum absolute atomic E-state index is 13.3. The fraction of sp³-hybridized carbons (Fsp3) is 0.300. The van der Waals surface area contributed by atoms with E-state index < -0.39 is 17.6 Å². The molecule has 2 nitrogen and oxygen atoms in total. The summed E-state index contributed by atoms with van der Waals surface area (Å²) in [7, 11) is 1.27. The lowest BCUT2D eigenvalue weighted by Gasteiger charge is -2.08. The van der Waals surface area contributed by atoms with E-state index in [1.807, 2.05) is 0 Å². The molecule has 0 heterocycles. The first kappa shape index (κ1) is 12.5. The minimum Gasteiger partial charge on any atom is -0.399 e. The number of alkyl halides is 3. The molecule has 0 N–H and O–H groups in total. The summed E-state index contributed by atoms with van der Waals surface area (Å²) >= 11 is 0. The summed E-state index contributed by atoms with van der Waals surface area (Å²) in [6.45, 7) is 1.44. The van der Waals surface area contributed by atoms with E-state index in [1.165, 1.54) is 14.0 Å². The lowest BCUT2D eigenvalue weighted by Crippen LogP contribution is -2.08. The fourth-order valence-corrected chi connectivity index (χ4v) is 1.17. The van der Waals surface area contributed by atoms with Gasteiger partial charge >= 0.3 is 6.18 Å². The molecule has 0 aliphatic carbocycles. The Labute approximate surface area is 89.5 Å². The van der Waals surface area contributed by atoms with Gasteiger partial charge in [0.2, 0.25) is 0 Å². The van der Waals surface area contributed by atoms with Gasteiger partial charge in [-0.3, -0.25) is 0 Å². The normalized spacial score (nSPS) is 12.8. The van der Waals surface area contributed by atoms with Gasteiger partial charge in [-0.15, -0.1) is 0 Å². The maximum atomic E-state index is 13.3. The first-order chi connectivity index (χ1) is 7.36. The molecule has 0 spiro atoms. The first-order valence-electron chi connectivity index (χ1n) is 4.31. The molecule has 1 rings (SSSR count). The van der Waals surface area contributed by atoms with Gasteiger partial charge in [0.1, 0.15) is 12.9 Å². The van der Waals surface area contributed by atoms with Gasteiger partial charge in [-0.1, -0.05) is 5.16 Å². The number of benzene rings is 1. The second kappa shape index (κ2) is 4.51. The van der Waals surface area contributed by atoms with Gasteiger partial charge in [0.25, 0.3) is 0 Å². The van der Waals surface area contributed by atoms with Crippen LogP contribution in [0.2, 0.25) is 0 Å². The maximum Gasteiger partial charge on any atom is 0.416 e. The van der Waals surface area contributed by atoms with Crippen LogP contribution in [-0.4, -0.2) is 12.8 Å². The Hall–Kier alpha value is -1.59. The zero-order chi connectivity index (χ0) is 12.3. The predicted octanol–water partition coefficient (Wildman–Crippen LogP) is 3.21. The van der Waals surface area contributed by atoms with Crippen LogP contribution in [0.25, 0.3) is 0 Å². The molecule has 88 valence electrons. The van der Waals surface area contributed by atoms with Gasteiger partial charge in [0, 0.05) is 5.56 Å². The Morgan fingerprint density at radius 2 is 1.94 bits per heavy atom. The third kappa shape index (κ3) is 2.71. The highest BCUT2D eigenvalue weighted by atomic mass is 19.4. The summed E-state index contributed by atoms with van der Waals surface area (Å²) < 4.78 is 50.0. The molecule has 1 aromatic carbocycles. The molecule has 0 radical (unpaired) electrons. The van der Waals surface area contributed by atoms with E-state index in [-0.39, 0.29) is 11.3 Å². The van der Waals surface area contributed by atoms with Crippen molar-refractivity contribution < 1.29 is 22.4 Å². The molecule has 0 atom stereocenters. The van der Waals surface area contributed by atoms with Crippen molar-refractivity contribution in [2.45, 2.75) is 13.1 Å². The monoisotopic (exact) mass is 235 g/mol. The van der Waals surface area contributed by atoms with Gasteiger partial charge in [-0.05, 0) is 25.1 Å². The van der Waals surface area contributed by atoms with E-state index >= 15 is 0 Å². The second-order valence-corrected chi connectivity index (χ2v) is 3.05. The van der Waals surface area contributed by atoms with Gasteiger partial charge in [0.15, 0.2) is 0 Å². The van der Waals surface area contributed by atoms with Crippen LogP contribution in [0.5, 0.6) is 0 Å². The number of oxime groups is 1. The zero-order valence-corrected chi connectivity index (χ0v) is 8.60. The van der Waals surface area contributed by atoms with Gasteiger partial charge in [0.05, 0.1) is 11.3 Å². The van der Waals surface area contributed by atoms with Crippen LogP contribution in [0, 0.1) is 5.82 Å². The minimum absolute atomic E-state index is 0.0187. The number of hydrogen-bond acceptors (Lipinski definition) is 2. The van der Waals surface area contributed by atoms with Crippen LogP contribution in [-0.2, 0) is 11.0 Å². The average molecular weight is 235 g/mol. The molecule has 0 bridgehead atoms. The molecule has 0 amide bonds. The number of hydrogen-bond donors (Lipinski definition) is 0. The van der Waals surface area contributed by atoms with Crippen molar-refractivity contribution >= 4 is 5.71 Å². The lowest BCUT2D eigenvalue weighted by molar-refractivity contribution is -0.137.